The second-order valence-electron chi connectivity index (χ2n) is 6.44. The van der Waals surface area contributed by atoms with Crippen molar-refractivity contribution in [3.05, 3.63) is 58.9 Å². The molecule has 3 heterocycles. The van der Waals surface area contributed by atoms with Gasteiger partial charge in [0, 0.05) is 43.5 Å². The molecule has 0 unspecified atom stereocenters. The maximum Gasteiger partial charge on any atom is 0.145 e. The Bertz CT molecular complexity index is 697. The molecule has 23 heavy (non-hydrogen) atoms. The molecule has 0 aliphatic carbocycles. The zero-order chi connectivity index (χ0) is 15.6. The lowest BCUT2D eigenvalue weighted by Crippen LogP contribution is -2.31. The fourth-order valence-corrected chi connectivity index (χ4v) is 3.49. The monoisotopic (exact) mass is 312 g/mol. The third-order valence-electron chi connectivity index (χ3n) is 4.70. The quantitative estimate of drug-likeness (QED) is 0.946. The van der Waals surface area contributed by atoms with Crippen LogP contribution in [0.1, 0.15) is 41.5 Å². The van der Waals surface area contributed by atoms with Gasteiger partial charge in [-0.1, -0.05) is 12.1 Å². The number of aromatic nitrogens is 2. The number of rotatable bonds is 3. The summed E-state index contributed by atoms with van der Waals surface area (Å²) in [7, 11) is 0. The Morgan fingerprint density at radius 1 is 1.35 bits per heavy atom. The first-order chi connectivity index (χ1) is 11.3. The summed E-state index contributed by atoms with van der Waals surface area (Å²) in [5.74, 6) is 0.775. The van der Waals surface area contributed by atoms with Crippen LogP contribution in [0.15, 0.2) is 30.5 Å². The molecular formula is C18H21FN4. The van der Waals surface area contributed by atoms with Gasteiger partial charge in [0.25, 0.3) is 0 Å². The highest BCUT2D eigenvalue weighted by Gasteiger charge is 2.23. The van der Waals surface area contributed by atoms with Crippen molar-refractivity contribution in [2.75, 3.05) is 13.1 Å². The Hall–Kier alpha value is -1.85. The van der Waals surface area contributed by atoms with Gasteiger partial charge < -0.3 is 5.32 Å². The summed E-state index contributed by atoms with van der Waals surface area (Å²) in [5.41, 5.74) is 3.40. The molecule has 1 aromatic carbocycles. The molecule has 120 valence electrons. The van der Waals surface area contributed by atoms with Crippen molar-refractivity contribution < 1.29 is 4.39 Å². The minimum atomic E-state index is -0.169. The van der Waals surface area contributed by atoms with Gasteiger partial charge in [-0.2, -0.15) is 0 Å². The van der Waals surface area contributed by atoms with Crippen molar-refractivity contribution in [3.8, 4) is 0 Å². The normalized spacial score (nSPS) is 21.3. The van der Waals surface area contributed by atoms with E-state index >= 15 is 0 Å². The van der Waals surface area contributed by atoms with Crippen LogP contribution in [0.4, 0.5) is 4.39 Å². The molecule has 1 aromatic heterocycles. The van der Waals surface area contributed by atoms with Crippen LogP contribution in [0.2, 0.25) is 0 Å². The first-order valence-corrected chi connectivity index (χ1v) is 8.33. The minimum absolute atomic E-state index is 0.169. The summed E-state index contributed by atoms with van der Waals surface area (Å²) in [6.45, 7) is 3.62. The fraction of sp³-hybridized carbons (Fsp3) is 0.444. The summed E-state index contributed by atoms with van der Waals surface area (Å²) < 4.78 is 13.3. The molecule has 0 bridgehead atoms. The van der Waals surface area contributed by atoms with Crippen LogP contribution in [0.5, 0.6) is 0 Å². The zero-order valence-corrected chi connectivity index (χ0v) is 13.1. The third-order valence-corrected chi connectivity index (χ3v) is 4.70. The van der Waals surface area contributed by atoms with E-state index in [2.05, 4.69) is 15.2 Å². The molecule has 1 atom stereocenters. The molecule has 0 radical (unpaired) electrons. The fourth-order valence-electron chi connectivity index (χ4n) is 3.49. The average Bonchev–Trinajstić information content (AvgIpc) is 3.09. The zero-order valence-electron chi connectivity index (χ0n) is 13.1. The maximum atomic E-state index is 13.3. The molecule has 4 nitrogen and oxygen atoms in total. The molecule has 0 saturated carbocycles. The van der Waals surface area contributed by atoms with Crippen molar-refractivity contribution in [2.45, 2.75) is 38.4 Å². The molecular weight excluding hydrogens is 291 g/mol. The van der Waals surface area contributed by atoms with E-state index in [1.165, 1.54) is 23.7 Å². The Morgan fingerprint density at radius 3 is 3.13 bits per heavy atom. The number of nitrogens with zero attached hydrogens (tertiary/aromatic N) is 3. The molecule has 1 N–H and O–H groups in total. The largest absolute Gasteiger partial charge is 0.307 e. The SMILES string of the molecule is Fc1cccc(CN2CCc3nc([C@@H]4CCCN4)ncc3C2)c1. The molecule has 2 aliphatic rings. The van der Waals surface area contributed by atoms with Gasteiger partial charge in [0.1, 0.15) is 11.6 Å². The van der Waals surface area contributed by atoms with E-state index in [-0.39, 0.29) is 5.82 Å². The van der Waals surface area contributed by atoms with E-state index < -0.39 is 0 Å². The molecule has 0 amide bonds. The summed E-state index contributed by atoms with van der Waals surface area (Å²) >= 11 is 0. The molecule has 1 saturated heterocycles. The lowest BCUT2D eigenvalue weighted by molar-refractivity contribution is 0.242. The van der Waals surface area contributed by atoms with Gasteiger partial charge in [0.05, 0.1) is 6.04 Å². The van der Waals surface area contributed by atoms with E-state index in [4.69, 9.17) is 4.98 Å². The Labute approximate surface area is 135 Å². The van der Waals surface area contributed by atoms with Gasteiger partial charge in [0.15, 0.2) is 0 Å². The highest BCUT2D eigenvalue weighted by atomic mass is 19.1. The smallest absolute Gasteiger partial charge is 0.145 e. The van der Waals surface area contributed by atoms with Crippen LogP contribution < -0.4 is 5.32 Å². The summed E-state index contributed by atoms with van der Waals surface area (Å²) in [6, 6.07) is 7.17. The number of hydrogen-bond acceptors (Lipinski definition) is 4. The van der Waals surface area contributed by atoms with Crippen LogP contribution in [-0.4, -0.2) is 28.0 Å². The van der Waals surface area contributed by atoms with Crippen LogP contribution in [-0.2, 0) is 19.5 Å². The summed E-state index contributed by atoms with van der Waals surface area (Å²) in [4.78, 5) is 11.7. The van der Waals surface area contributed by atoms with Crippen molar-refractivity contribution in [1.82, 2.24) is 20.2 Å². The molecule has 2 aromatic rings. The standard InChI is InChI=1S/C18H21FN4/c19-15-4-1-3-13(9-15)11-23-8-6-16-14(12-23)10-21-18(22-16)17-5-2-7-20-17/h1,3-4,9-10,17,20H,2,5-8,11-12H2/t17-/m0/s1. The Kier molecular flexibility index (Phi) is 4.06. The topological polar surface area (TPSA) is 41.1 Å². The predicted octanol–water partition coefficient (Wildman–Crippen LogP) is 2.60. The summed E-state index contributed by atoms with van der Waals surface area (Å²) in [5, 5.41) is 3.46. The number of nitrogens with one attached hydrogen (secondary N) is 1. The Balaban J connectivity index is 1.47. The number of benzene rings is 1. The van der Waals surface area contributed by atoms with Crippen molar-refractivity contribution >= 4 is 0 Å². The average molecular weight is 312 g/mol. The lowest BCUT2D eigenvalue weighted by Gasteiger charge is -2.28. The van der Waals surface area contributed by atoms with Crippen LogP contribution in [0.3, 0.4) is 0 Å². The van der Waals surface area contributed by atoms with Gasteiger partial charge in [-0.15, -0.1) is 0 Å². The van der Waals surface area contributed by atoms with E-state index in [0.717, 1.165) is 50.4 Å². The first kappa shape index (κ1) is 14.7. The maximum absolute atomic E-state index is 13.3. The lowest BCUT2D eigenvalue weighted by atomic mass is 10.1. The highest BCUT2D eigenvalue weighted by molar-refractivity contribution is 5.23. The number of fused-ring (bicyclic) bond motifs is 1. The van der Waals surface area contributed by atoms with Gasteiger partial charge in [-0.05, 0) is 37.1 Å². The predicted molar refractivity (Wildman–Crippen MR) is 86.2 cm³/mol. The van der Waals surface area contributed by atoms with Crippen molar-refractivity contribution in [2.24, 2.45) is 0 Å². The van der Waals surface area contributed by atoms with Crippen LogP contribution >= 0.6 is 0 Å². The second kappa shape index (κ2) is 6.34. The van der Waals surface area contributed by atoms with Crippen LogP contribution in [0.25, 0.3) is 0 Å². The van der Waals surface area contributed by atoms with E-state index in [9.17, 15) is 4.39 Å². The van der Waals surface area contributed by atoms with Gasteiger partial charge in [-0.25, -0.2) is 14.4 Å². The third kappa shape index (κ3) is 3.26. The van der Waals surface area contributed by atoms with Gasteiger partial charge in [-0.3, -0.25) is 4.90 Å². The van der Waals surface area contributed by atoms with Gasteiger partial charge >= 0.3 is 0 Å². The summed E-state index contributed by atoms with van der Waals surface area (Å²) in [6.07, 6.45) is 5.25. The van der Waals surface area contributed by atoms with E-state index in [1.54, 1.807) is 12.1 Å². The van der Waals surface area contributed by atoms with E-state index in [1.807, 2.05) is 12.3 Å². The highest BCUT2D eigenvalue weighted by Crippen LogP contribution is 2.23. The van der Waals surface area contributed by atoms with Crippen molar-refractivity contribution in [3.63, 3.8) is 0 Å². The molecule has 2 aliphatic heterocycles. The Morgan fingerprint density at radius 2 is 2.30 bits per heavy atom. The number of halogens is 1. The number of hydrogen-bond donors (Lipinski definition) is 1. The first-order valence-electron chi connectivity index (χ1n) is 8.33. The van der Waals surface area contributed by atoms with Crippen LogP contribution in [0, 0.1) is 5.82 Å². The van der Waals surface area contributed by atoms with E-state index in [0.29, 0.717) is 6.04 Å². The molecule has 4 rings (SSSR count). The van der Waals surface area contributed by atoms with Gasteiger partial charge in [0.2, 0.25) is 0 Å². The second-order valence-corrected chi connectivity index (χ2v) is 6.44. The van der Waals surface area contributed by atoms with Crippen molar-refractivity contribution in [1.29, 1.82) is 0 Å². The molecule has 0 spiro atoms. The molecule has 1 fully saturated rings. The minimum Gasteiger partial charge on any atom is -0.307 e. The molecule has 5 heteroatoms.